The summed E-state index contributed by atoms with van der Waals surface area (Å²) in [5.41, 5.74) is 4.81. The minimum atomic E-state index is -0.253. The highest BCUT2D eigenvalue weighted by atomic mass is 19.1. The van der Waals surface area contributed by atoms with Crippen molar-refractivity contribution in [1.82, 2.24) is 5.43 Å². The first kappa shape index (κ1) is 11.3. The second-order valence-electron chi connectivity index (χ2n) is 3.63. The molecule has 0 amide bonds. The van der Waals surface area contributed by atoms with E-state index in [1.54, 1.807) is 18.3 Å². The van der Waals surface area contributed by atoms with Crippen LogP contribution in [0, 0.1) is 5.82 Å². The number of nitrogens with one attached hydrogen (secondary N) is 1. The second-order valence-corrected chi connectivity index (χ2v) is 3.63. The van der Waals surface area contributed by atoms with Gasteiger partial charge in [0, 0.05) is 0 Å². The van der Waals surface area contributed by atoms with Gasteiger partial charge in [-0.1, -0.05) is 42.5 Å². The molecule has 3 heteroatoms. The van der Waals surface area contributed by atoms with Crippen LogP contribution in [0.2, 0.25) is 0 Å². The predicted octanol–water partition coefficient (Wildman–Crippen LogP) is 2.95. The molecule has 0 saturated carbocycles. The number of hydrazone groups is 1. The Morgan fingerprint density at radius 1 is 1.06 bits per heavy atom. The number of rotatable bonds is 4. The van der Waals surface area contributed by atoms with Gasteiger partial charge in [0.2, 0.25) is 0 Å². The summed E-state index contributed by atoms with van der Waals surface area (Å²) in [6.07, 6.45) is 1.60. The van der Waals surface area contributed by atoms with Gasteiger partial charge in [-0.25, -0.2) is 4.39 Å². The van der Waals surface area contributed by atoms with Gasteiger partial charge in [-0.05, 0) is 23.3 Å². The van der Waals surface area contributed by atoms with E-state index in [0.717, 1.165) is 11.1 Å². The van der Waals surface area contributed by atoms with E-state index in [0.29, 0.717) is 6.54 Å². The lowest BCUT2D eigenvalue weighted by molar-refractivity contribution is 0.627. The number of nitrogens with zero attached hydrogens (tertiary/aromatic N) is 1. The molecule has 0 saturated heterocycles. The van der Waals surface area contributed by atoms with Crippen molar-refractivity contribution in [1.29, 1.82) is 0 Å². The molecule has 0 spiro atoms. The molecule has 0 heterocycles. The largest absolute Gasteiger partial charge is 0.306 e. The Morgan fingerprint density at radius 3 is 2.65 bits per heavy atom. The van der Waals surface area contributed by atoms with Gasteiger partial charge in [-0.2, -0.15) is 5.10 Å². The highest BCUT2D eigenvalue weighted by molar-refractivity contribution is 5.79. The van der Waals surface area contributed by atoms with Crippen molar-refractivity contribution >= 4 is 6.21 Å². The highest BCUT2D eigenvalue weighted by Crippen LogP contribution is 2.00. The molecule has 2 nitrogen and oxygen atoms in total. The van der Waals surface area contributed by atoms with Crippen molar-refractivity contribution in [3.8, 4) is 0 Å². The van der Waals surface area contributed by atoms with Gasteiger partial charge >= 0.3 is 0 Å². The maximum atomic E-state index is 12.9. The maximum Gasteiger partial charge on any atom is 0.123 e. The minimum absolute atomic E-state index is 0.253. The van der Waals surface area contributed by atoms with E-state index in [2.05, 4.69) is 10.5 Å². The SMILES string of the molecule is Fc1cccc(C=NNCc2ccccc2)c1. The van der Waals surface area contributed by atoms with E-state index < -0.39 is 0 Å². The quantitative estimate of drug-likeness (QED) is 0.631. The molecule has 0 bridgehead atoms. The topological polar surface area (TPSA) is 24.4 Å². The molecule has 0 aromatic heterocycles. The highest BCUT2D eigenvalue weighted by Gasteiger charge is 1.91. The van der Waals surface area contributed by atoms with E-state index in [1.807, 2.05) is 30.3 Å². The van der Waals surface area contributed by atoms with Crippen LogP contribution in [-0.4, -0.2) is 6.21 Å². The molecule has 0 aliphatic carbocycles. The van der Waals surface area contributed by atoms with Crippen molar-refractivity contribution in [2.24, 2.45) is 5.10 Å². The number of halogens is 1. The Bertz CT molecular complexity index is 495. The average Bonchev–Trinajstić information content (AvgIpc) is 2.36. The molecule has 2 rings (SSSR count). The summed E-state index contributed by atoms with van der Waals surface area (Å²) in [6, 6.07) is 16.3. The first-order valence-corrected chi connectivity index (χ1v) is 5.40. The predicted molar refractivity (Wildman–Crippen MR) is 67.3 cm³/mol. The summed E-state index contributed by atoms with van der Waals surface area (Å²) in [5, 5.41) is 4.04. The monoisotopic (exact) mass is 228 g/mol. The van der Waals surface area contributed by atoms with Crippen molar-refractivity contribution in [2.45, 2.75) is 6.54 Å². The van der Waals surface area contributed by atoms with Crippen LogP contribution in [0.15, 0.2) is 59.7 Å². The van der Waals surface area contributed by atoms with Crippen LogP contribution in [0.5, 0.6) is 0 Å². The van der Waals surface area contributed by atoms with Gasteiger partial charge in [0.15, 0.2) is 0 Å². The molecule has 0 fully saturated rings. The molecule has 0 unspecified atom stereocenters. The van der Waals surface area contributed by atoms with E-state index in [1.165, 1.54) is 12.1 Å². The number of hydrogen-bond donors (Lipinski definition) is 1. The van der Waals surface area contributed by atoms with Crippen LogP contribution >= 0.6 is 0 Å². The summed E-state index contributed by atoms with van der Waals surface area (Å²) in [4.78, 5) is 0. The Kier molecular flexibility index (Phi) is 3.86. The lowest BCUT2D eigenvalue weighted by Gasteiger charge is -1.99. The first-order chi connectivity index (χ1) is 8.34. The van der Waals surface area contributed by atoms with Gasteiger partial charge < -0.3 is 5.43 Å². The van der Waals surface area contributed by atoms with Gasteiger partial charge in [0.1, 0.15) is 5.82 Å². The molecule has 17 heavy (non-hydrogen) atoms. The van der Waals surface area contributed by atoms with Crippen molar-refractivity contribution in [2.75, 3.05) is 0 Å². The number of hydrogen-bond acceptors (Lipinski definition) is 2. The summed E-state index contributed by atoms with van der Waals surface area (Å²) >= 11 is 0. The molecule has 2 aromatic rings. The fraction of sp³-hybridized carbons (Fsp3) is 0.0714. The molecule has 0 radical (unpaired) electrons. The van der Waals surface area contributed by atoms with Crippen LogP contribution in [0.1, 0.15) is 11.1 Å². The van der Waals surface area contributed by atoms with Gasteiger partial charge in [-0.3, -0.25) is 0 Å². The van der Waals surface area contributed by atoms with Crippen LogP contribution in [-0.2, 0) is 6.54 Å². The third-order valence-corrected chi connectivity index (χ3v) is 2.28. The lowest BCUT2D eigenvalue weighted by atomic mass is 10.2. The number of benzene rings is 2. The molecule has 1 N–H and O–H groups in total. The molecular weight excluding hydrogens is 215 g/mol. The smallest absolute Gasteiger partial charge is 0.123 e. The third kappa shape index (κ3) is 3.72. The second kappa shape index (κ2) is 5.80. The molecular formula is C14H13FN2. The van der Waals surface area contributed by atoms with Crippen LogP contribution in [0.3, 0.4) is 0 Å². The Labute approximate surface area is 99.8 Å². The summed E-state index contributed by atoms with van der Waals surface area (Å²) in [5.74, 6) is -0.253. The Morgan fingerprint density at radius 2 is 1.88 bits per heavy atom. The van der Waals surface area contributed by atoms with Crippen molar-refractivity contribution in [3.05, 3.63) is 71.5 Å². The van der Waals surface area contributed by atoms with Gasteiger partial charge in [-0.15, -0.1) is 0 Å². The third-order valence-electron chi connectivity index (χ3n) is 2.28. The Balaban J connectivity index is 1.86. The molecule has 0 aliphatic rings. The average molecular weight is 228 g/mol. The van der Waals surface area contributed by atoms with E-state index >= 15 is 0 Å². The standard InChI is InChI=1S/C14H13FN2/c15-14-8-4-7-13(9-14)11-17-16-10-12-5-2-1-3-6-12/h1-9,11,16H,10H2. The molecule has 0 aliphatic heterocycles. The first-order valence-electron chi connectivity index (χ1n) is 5.40. The van der Waals surface area contributed by atoms with Crippen LogP contribution in [0.25, 0.3) is 0 Å². The van der Waals surface area contributed by atoms with E-state index in [4.69, 9.17) is 0 Å². The van der Waals surface area contributed by atoms with E-state index in [-0.39, 0.29) is 5.82 Å². The zero-order valence-electron chi connectivity index (χ0n) is 9.31. The molecule has 0 atom stereocenters. The summed E-state index contributed by atoms with van der Waals surface area (Å²) < 4.78 is 12.9. The minimum Gasteiger partial charge on any atom is -0.306 e. The van der Waals surface area contributed by atoms with E-state index in [9.17, 15) is 4.39 Å². The summed E-state index contributed by atoms with van der Waals surface area (Å²) in [7, 11) is 0. The lowest BCUT2D eigenvalue weighted by Crippen LogP contribution is -2.05. The molecule has 2 aromatic carbocycles. The van der Waals surface area contributed by atoms with Gasteiger partial charge in [0.25, 0.3) is 0 Å². The molecule has 86 valence electrons. The Hall–Kier alpha value is -2.16. The van der Waals surface area contributed by atoms with Crippen LogP contribution in [0.4, 0.5) is 4.39 Å². The maximum absolute atomic E-state index is 12.9. The zero-order chi connectivity index (χ0) is 11.9. The zero-order valence-corrected chi connectivity index (χ0v) is 9.31. The fourth-order valence-electron chi connectivity index (χ4n) is 1.44. The normalized spacial score (nSPS) is 10.6. The van der Waals surface area contributed by atoms with Crippen LogP contribution < -0.4 is 5.43 Å². The van der Waals surface area contributed by atoms with Crippen molar-refractivity contribution in [3.63, 3.8) is 0 Å². The summed E-state index contributed by atoms with van der Waals surface area (Å²) in [6.45, 7) is 0.659. The van der Waals surface area contributed by atoms with Gasteiger partial charge in [0.05, 0.1) is 12.8 Å². The van der Waals surface area contributed by atoms with Crippen molar-refractivity contribution < 1.29 is 4.39 Å². The fourth-order valence-corrected chi connectivity index (χ4v) is 1.44.